The van der Waals surface area contributed by atoms with Gasteiger partial charge in [0.25, 0.3) is 0 Å². The van der Waals surface area contributed by atoms with E-state index in [1.165, 1.54) is 70.6 Å². The van der Waals surface area contributed by atoms with Gasteiger partial charge in [0.1, 0.15) is 12.2 Å². The van der Waals surface area contributed by atoms with Gasteiger partial charge in [0.2, 0.25) is 0 Å². The molecule has 156 valence electrons. The highest BCUT2D eigenvalue weighted by molar-refractivity contribution is 5.08. The molecule has 0 aromatic carbocycles. The molecule has 1 aliphatic carbocycles. The highest BCUT2D eigenvalue weighted by Gasteiger charge is 2.44. The van der Waals surface area contributed by atoms with Crippen molar-refractivity contribution in [1.29, 1.82) is 0 Å². The molecule has 2 atom stereocenters. The molecule has 1 spiro atoms. The Morgan fingerprint density at radius 1 is 0.889 bits per heavy atom. The second-order valence-electron chi connectivity index (χ2n) is 8.49. The molecule has 0 bridgehead atoms. The number of aliphatic hydroxyl groups excluding tert-OH is 1. The zero-order valence-electron chi connectivity index (χ0n) is 17.6. The maximum Gasteiger partial charge on any atom is 0.169 e. The lowest BCUT2D eigenvalue weighted by Crippen LogP contribution is -2.35. The van der Waals surface area contributed by atoms with E-state index >= 15 is 0 Å². The summed E-state index contributed by atoms with van der Waals surface area (Å²) in [4.78, 5) is 0. The van der Waals surface area contributed by atoms with Crippen molar-refractivity contribution in [3.8, 4) is 11.8 Å². The van der Waals surface area contributed by atoms with Crippen LogP contribution in [0.1, 0.15) is 116 Å². The SMILES string of the molecule is CCCCCCCCCCCCCC#CC(O)[C@H]1COC2(CCCCC2)O1. The number of aliphatic hydroxyl groups is 1. The summed E-state index contributed by atoms with van der Waals surface area (Å²) in [5.74, 6) is 5.72. The van der Waals surface area contributed by atoms with Gasteiger partial charge in [0.05, 0.1) is 6.61 Å². The first-order chi connectivity index (χ1) is 13.3. The van der Waals surface area contributed by atoms with Crippen molar-refractivity contribution in [2.75, 3.05) is 6.61 Å². The van der Waals surface area contributed by atoms with Crippen LogP contribution in [0.2, 0.25) is 0 Å². The smallest absolute Gasteiger partial charge is 0.169 e. The zero-order valence-corrected chi connectivity index (χ0v) is 17.6. The van der Waals surface area contributed by atoms with Crippen LogP contribution in [0, 0.1) is 11.8 Å². The van der Waals surface area contributed by atoms with Gasteiger partial charge in [-0.15, -0.1) is 5.92 Å². The first-order valence-electron chi connectivity index (χ1n) is 11.7. The van der Waals surface area contributed by atoms with Gasteiger partial charge < -0.3 is 14.6 Å². The quantitative estimate of drug-likeness (QED) is 0.328. The van der Waals surface area contributed by atoms with Gasteiger partial charge in [-0.05, 0) is 19.3 Å². The summed E-state index contributed by atoms with van der Waals surface area (Å²) in [6, 6.07) is 0. The molecule has 1 saturated carbocycles. The van der Waals surface area contributed by atoms with Crippen molar-refractivity contribution in [2.45, 2.75) is 134 Å². The monoisotopic (exact) mass is 378 g/mol. The molecule has 0 aromatic heterocycles. The van der Waals surface area contributed by atoms with Crippen molar-refractivity contribution in [2.24, 2.45) is 0 Å². The molecule has 0 radical (unpaired) electrons. The minimum atomic E-state index is -0.709. The minimum Gasteiger partial charge on any atom is -0.378 e. The van der Waals surface area contributed by atoms with Gasteiger partial charge in [-0.1, -0.05) is 83.5 Å². The molecule has 3 heteroatoms. The zero-order chi connectivity index (χ0) is 19.2. The molecule has 2 rings (SSSR count). The van der Waals surface area contributed by atoms with E-state index < -0.39 is 11.9 Å². The Kier molecular flexibility index (Phi) is 11.4. The molecule has 1 heterocycles. The van der Waals surface area contributed by atoms with Crippen LogP contribution in [-0.4, -0.2) is 29.7 Å². The van der Waals surface area contributed by atoms with E-state index in [4.69, 9.17) is 9.47 Å². The summed E-state index contributed by atoms with van der Waals surface area (Å²) in [7, 11) is 0. The van der Waals surface area contributed by atoms with E-state index in [2.05, 4.69) is 18.8 Å². The van der Waals surface area contributed by atoms with E-state index in [-0.39, 0.29) is 6.10 Å². The van der Waals surface area contributed by atoms with Gasteiger partial charge >= 0.3 is 0 Å². The average Bonchev–Trinajstić information content (AvgIpc) is 3.09. The Bertz CT molecular complexity index is 431. The predicted octanol–water partition coefficient (Wildman–Crippen LogP) is 6.13. The maximum absolute atomic E-state index is 10.3. The van der Waals surface area contributed by atoms with Crippen molar-refractivity contribution < 1.29 is 14.6 Å². The Morgan fingerprint density at radius 2 is 1.48 bits per heavy atom. The molecule has 1 unspecified atom stereocenters. The molecule has 27 heavy (non-hydrogen) atoms. The largest absolute Gasteiger partial charge is 0.378 e. The second-order valence-corrected chi connectivity index (χ2v) is 8.49. The van der Waals surface area contributed by atoms with Crippen LogP contribution in [0.4, 0.5) is 0 Å². The molecule has 1 aliphatic heterocycles. The van der Waals surface area contributed by atoms with Crippen molar-refractivity contribution in [1.82, 2.24) is 0 Å². The summed E-state index contributed by atoms with van der Waals surface area (Å²) in [6.45, 7) is 2.75. The lowest BCUT2D eigenvalue weighted by atomic mass is 9.94. The number of rotatable bonds is 12. The molecular formula is C24H42O3. The van der Waals surface area contributed by atoms with Gasteiger partial charge in [-0.3, -0.25) is 0 Å². The second kappa shape index (κ2) is 13.6. The van der Waals surface area contributed by atoms with Crippen LogP contribution in [0.3, 0.4) is 0 Å². The number of ether oxygens (including phenoxy) is 2. The third-order valence-electron chi connectivity index (χ3n) is 6.00. The van der Waals surface area contributed by atoms with Crippen LogP contribution >= 0.6 is 0 Å². The first kappa shape index (κ1) is 22.7. The standard InChI is InChI=1S/C24H42O3/c1-2-3-4-5-6-7-8-9-10-11-12-13-15-18-22(25)23-21-26-24(27-23)19-16-14-17-20-24/h22-23,25H,2-14,16-17,19-21H2,1H3/t22?,23-/m1/s1. The fourth-order valence-corrected chi connectivity index (χ4v) is 4.23. The van der Waals surface area contributed by atoms with E-state index in [1.807, 2.05) is 0 Å². The van der Waals surface area contributed by atoms with Gasteiger partial charge in [0, 0.05) is 19.3 Å². The van der Waals surface area contributed by atoms with Crippen molar-refractivity contribution in [3.63, 3.8) is 0 Å². The first-order valence-corrected chi connectivity index (χ1v) is 11.7. The normalized spacial score (nSPS) is 22.5. The van der Waals surface area contributed by atoms with Crippen LogP contribution in [0.25, 0.3) is 0 Å². The topological polar surface area (TPSA) is 38.7 Å². The van der Waals surface area contributed by atoms with Crippen LogP contribution in [0.5, 0.6) is 0 Å². The minimum absolute atomic E-state index is 0.270. The highest BCUT2D eigenvalue weighted by atomic mass is 16.7. The van der Waals surface area contributed by atoms with E-state index in [0.29, 0.717) is 6.61 Å². The molecule has 2 aliphatic rings. The summed E-state index contributed by atoms with van der Waals surface area (Å²) in [5.41, 5.74) is 0. The number of unbranched alkanes of at least 4 members (excludes halogenated alkanes) is 11. The van der Waals surface area contributed by atoms with Crippen molar-refractivity contribution >= 4 is 0 Å². The highest BCUT2D eigenvalue weighted by Crippen LogP contribution is 2.38. The lowest BCUT2D eigenvalue weighted by molar-refractivity contribution is -0.192. The summed E-state index contributed by atoms with van der Waals surface area (Å²) in [5, 5.41) is 10.3. The Labute approximate surface area is 167 Å². The van der Waals surface area contributed by atoms with Gasteiger partial charge in [-0.2, -0.15) is 0 Å². The average molecular weight is 379 g/mol. The van der Waals surface area contributed by atoms with E-state index in [1.54, 1.807) is 0 Å². The fourth-order valence-electron chi connectivity index (χ4n) is 4.23. The molecule has 0 aromatic rings. The molecule has 2 fully saturated rings. The Morgan fingerprint density at radius 3 is 2.11 bits per heavy atom. The summed E-state index contributed by atoms with van der Waals surface area (Å²) < 4.78 is 11.9. The molecule has 1 N–H and O–H groups in total. The summed E-state index contributed by atoms with van der Waals surface area (Å²) >= 11 is 0. The molecule has 1 saturated heterocycles. The van der Waals surface area contributed by atoms with E-state index in [0.717, 1.165) is 38.5 Å². The maximum atomic E-state index is 10.3. The lowest BCUT2D eigenvalue weighted by Gasteiger charge is -2.31. The number of hydrogen-bond acceptors (Lipinski definition) is 3. The van der Waals surface area contributed by atoms with Gasteiger partial charge in [-0.25, -0.2) is 0 Å². The molecule has 3 nitrogen and oxygen atoms in total. The molecular weight excluding hydrogens is 336 g/mol. The Hall–Kier alpha value is -0.560. The number of hydrogen-bond donors (Lipinski definition) is 1. The van der Waals surface area contributed by atoms with E-state index in [9.17, 15) is 5.11 Å². The van der Waals surface area contributed by atoms with Crippen LogP contribution in [-0.2, 0) is 9.47 Å². The predicted molar refractivity (Wildman–Crippen MR) is 112 cm³/mol. The summed E-state index contributed by atoms with van der Waals surface area (Å²) in [6.07, 6.45) is 20.3. The van der Waals surface area contributed by atoms with Crippen LogP contribution < -0.4 is 0 Å². The van der Waals surface area contributed by atoms with Gasteiger partial charge in [0.15, 0.2) is 5.79 Å². The van der Waals surface area contributed by atoms with Crippen molar-refractivity contribution in [3.05, 3.63) is 0 Å². The Balaban J connectivity index is 1.44. The fraction of sp³-hybridized carbons (Fsp3) is 0.917. The van der Waals surface area contributed by atoms with Crippen LogP contribution in [0.15, 0.2) is 0 Å². The third-order valence-corrected chi connectivity index (χ3v) is 6.00. The third kappa shape index (κ3) is 8.99. The molecule has 0 amide bonds.